The van der Waals surface area contributed by atoms with Crippen LogP contribution < -0.4 is 9.80 Å². The van der Waals surface area contributed by atoms with Crippen molar-refractivity contribution in [2.24, 2.45) is 17.8 Å². The Balaban J connectivity index is 1.05. The Morgan fingerprint density at radius 2 is 1.08 bits per heavy atom. The van der Waals surface area contributed by atoms with Gasteiger partial charge < -0.3 is 14.2 Å². The van der Waals surface area contributed by atoms with Gasteiger partial charge in [0.05, 0.1) is 5.69 Å². The summed E-state index contributed by atoms with van der Waals surface area (Å²) in [4.78, 5) is 4.63. The second-order valence-electron chi connectivity index (χ2n) is 14.6. The number of anilines is 6. The molecule has 0 amide bonds. The molecule has 2 aliphatic rings. The van der Waals surface area contributed by atoms with Gasteiger partial charge in [0.2, 0.25) is 0 Å². The molecule has 3 nitrogen and oxygen atoms in total. The molecule has 0 N–H and O–H groups in total. The third-order valence-electron chi connectivity index (χ3n) is 11.3. The molecule has 1 aromatic heterocycles. The summed E-state index contributed by atoms with van der Waals surface area (Å²) in [5, 5.41) is 2.22. The molecule has 9 rings (SSSR count). The first kappa shape index (κ1) is 30.8. The summed E-state index contributed by atoms with van der Waals surface area (Å²) < 4.78 is 6.84. The number of rotatable bonds is 9. The molecule has 3 heteroatoms. The summed E-state index contributed by atoms with van der Waals surface area (Å²) >= 11 is 0. The Labute approximate surface area is 295 Å². The molecule has 0 aliphatic heterocycles. The van der Waals surface area contributed by atoms with Gasteiger partial charge >= 0.3 is 0 Å². The van der Waals surface area contributed by atoms with Crippen molar-refractivity contribution in [2.75, 3.05) is 9.80 Å². The van der Waals surface area contributed by atoms with Crippen LogP contribution >= 0.6 is 0 Å². The summed E-state index contributed by atoms with van der Waals surface area (Å²) in [6, 6.07) is 54.2. The second-order valence-corrected chi connectivity index (χ2v) is 14.6. The maximum Gasteiger partial charge on any atom is 0.159 e. The fraction of sp³-hybridized carbons (Fsp3) is 0.234. The Hall–Kier alpha value is -5.28. The lowest BCUT2D eigenvalue weighted by atomic mass is 9.67. The van der Waals surface area contributed by atoms with Gasteiger partial charge in [-0.3, -0.25) is 0 Å². The molecule has 6 aromatic carbocycles. The Bertz CT molecular complexity index is 2140. The monoisotopic (exact) mass is 652 g/mol. The highest BCUT2D eigenvalue weighted by atomic mass is 16.3. The first-order valence-corrected chi connectivity index (χ1v) is 18.6. The summed E-state index contributed by atoms with van der Waals surface area (Å²) in [6.07, 6.45) is 11.3. The van der Waals surface area contributed by atoms with Crippen molar-refractivity contribution in [3.05, 3.63) is 157 Å². The van der Waals surface area contributed by atoms with Gasteiger partial charge in [-0.15, -0.1) is 0 Å². The SMILES string of the molecule is c1ccc(N(c2ccc(CCC3CC4CCCC(C4)C3)cc2)c2ccc3c(c2)oc2c(N(c4ccccc4)c4ccccc4)cccc23)cc1. The number of benzene rings is 6. The number of hydrogen-bond donors (Lipinski definition) is 0. The average molecular weight is 653 g/mol. The molecule has 1 heterocycles. The Morgan fingerprint density at radius 3 is 1.72 bits per heavy atom. The summed E-state index contributed by atoms with van der Waals surface area (Å²) in [5.41, 5.74) is 9.76. The number of para-hydroxylation sites is 4. The van der Waals surface area contributed by atoms with Crippen LogP contribution in [0, 0.1) is 17.8 Å². The van der Waals surface area contributed by atoms with E-state index < -0.39 is 0 Å². The van der Waals surface area contributed by atoms with E-state index in [1.165, 1.54) is 56.9 Å². The Morgan fingerprint density at radius 1 is 0.500 bits per heavy atom. The summed E-state index contributed by atoms with van der Waals surface area (Å²) in [7, 11) is 0. The van der Waals surface area contributed by atoms with Gasteiger partial charge in [0.1, 0.15) is 5.58 Å². The zero-order chi connectivity index (χ0) is 33.3. The van der Waals surface area contributed by atoms with E-state index in [2.05, 4.69) is 161 Å². The van der Waals surface area contributed by atoms with E-state index in [0.717, 1.165) is 73.8 Å². The highest BCUT2D eigenvalue weighted by molar-refractivity contribution is 6.11. The zero-order valence-electron chi connectivity index (χ0n) is 28.6. The lowest BCUT2D eigenvalue weighted by Gasteiger charge is -2.39. The van der Waals surface area contributed by atoms with Crippen LogP contribution in [0.5, 0.6) is 0 Å². The van der Waals surface area contributed by atoms with Gasteiger partial charge in [0, 0.05) is 45.3 Å². The standard InChI is InChI=1S/C47H44N2O/c1-4-14-38(15-5-1)48(41-26-24-34(25-27-41)22-23-37-31-35-12-10-13-36(30-35)32-37)42-28-29-43-44-20-11-21-45(47(44)50-46(43)33-42)49(39-16-6-2-7-17-39)40-18-8-3-9-19-40/h1-9,11,14-21,24-29,33,35-37H,10,12-13,22-23,30-32H2. The molecule has 7 aromatic rings. The molecule has 2 fully saturated rings. The summed E-state index contributed by atoms with van der Waals surface area (Å²) in [5.74, 6) is 2.90. The number of nitrogens with zero attached hydrogens (tertiary/aromatic N) is 2. The predicted molar refractivity (Wildman–Crippen MR) is 210 cm³/mol. The molecular weight excluding hydrogens is 609 g/mol. The molecule has 2 atom stereocenters. The second kappa shape index (κ2) is 13.6. The van der Waals surface area contributed by atoms with Crippen molar-refractivity contribution >= 4 is 56.1 Å². The predicted octanol–water partition coefficient (Wildman–Crippen LogP) is 13.7. The molecule has 50 heavy (non-hydrogen) atoms. The quantitative estimate of drug-likeness (QED) is 0.155. The van der Waals surface area contributed by atoms with Crippen LogP contribution in [0.3, 0.4) is 0 Å². The number of fused-ring (bicyclic) bond motifs is 5. The van der Waals surface area contributed by atoms with Crippen LogP contribution in [0.25, 0.3) is 21.9 Å². The molecular formula is C47H44N2O. The van der Waals surface area contributed by atoms with E-state index in [0.29, 0.717) is 0 Å². The van der Waals surface area contributed by atoms with E-state index in [4.69, 9.17) is 4.42 Å². The van der Waals surface area contributed by atoms with Gasteiger partial charge in [-0.1, -0.05) is 98.1 Å². The van der Waals surface area contributed by atoms with E-state index in [9.17, 15) is 0 Å². The van der Waals surface area contributed by atoms with Crippen LogP contribution in [-0.2, 0) is 6.42 Å². The minimum absolute atomic E-state index is 0.876. The lowest BCUT2D eigenvalue weighted by molar-refractivity contribution is 0.132. The molecule has 2 aliphatic carbocycles. The minimum atomic E-state index is 0.876. The van der Waals surface area contributed by atoms with E-state index in [-0.39, 0.29) is 0 Å². The minimum Gasteiger partial charge on any atom is -0.454 e. The van der Waals surface area contributed by atoms with E-state index >= 15 is 0 Å². The molecule has 0 radical (unpaired) electrons. The van der Waals surface area contributed by atoms with Crippen LogP contribution in [0.2, 0.25) is 0 Å². The zero-order valence-corrected chi connectivity index (χ0v) is 28.6. The van der Waals surface area contributed by atoms with Crippen molar-refractivity contribution in [1.82, 2.24) is 0 Å². The van der Waals surface area contributed by atoms with Crippen molar-refractivity contribution in [3.63, 3.8) is 0 Å². The largest absolute Gasteiger partial charge is 0.454 e. The smallest absolute Gasteiger partial charge is 0.159 e. The van der Waals surface area contributed by atoms with Gasteiger partial charge in [-0.2, -0.15) is 0 Å². The van der Waals surface area contributed by atoms with Crippen LogP contribution in [0.15, 0.2) is 156 Å². The van der Waals surface area contributed by atoms with Crippen molar-refractivity contribution in [2.45, 2.75) is 51.4 Å². The average Bonchev–Trinajstić information content (AvgIpc) is 3.55. The van der Waals surface area contributed by atoms with Crippen LogP contribution in [0.1, 0.15) is 50.5 Å². The topological polar surface area (TPSA) is 19.6 Å². The van der Waals surface area contributed by atoms with E-state index in [1.807, 2.05) is 0 Å². The van der Waals surface area contributed by atoms with Crippen LogP contribution in [0.4, 0.5) is 34.1 Å². The molecule has 2 bridgehead atoms. The van der Waals surface area contributed by atoms with Crippen molar-refractivity contribution in [1.29, 1.82) is 0 Å². The van der Waals surface area contributed by atoms with Gasteiger partial charge in [0.25, 0.3) is 0 Å². The first-order valence-electron chi connectivity index (χ1n) is 18.6. The molecule has 2 saturated carbocycles. The van der Waals surface area contributed by atoms with Gasteiger partial charge in [-0.05, 0) is 122 Å². The number of hydrogen-bond acceptors (Lipinski definition) is 3. The fourth-order valence-corrected chi connectivity index (χ4v) is 8.98. The molecule has 2 unspecified atom stereocenters. The third-order valence-corrected chi connectivity index (χ3v) is 11.3. The van der Waals surface area contributed by atoms with E-state index in [1.54, 1.807) is 0 Å². The lowest BCUT2D eigenvalue weighted by Crippen LogP contribution is -2.27. The molecule has 0 spiro atoms. The summed E-state index contributed by atoms with van der Waals surface area (Å²) in [6.45, 7) is 0. The molecule has 248 valence electrons. The number of furan rings is 1. The maximum atomic E-state index is 6.84. The van der Waals surface area contributed by atoms with Gasteiger partial charge in [0.15, 0.2) is 5.58 Å². The highest BCUT2D eigenvalue weighted by Gasteiger charge is 2.31. The third kappa shape index (κ3) is 6.07. The van der Waals surface area contributed by atoms with Gasteiger partial charge in [-0.25, -0.2) is 0 Å². The highest BCUT2D eigenvalue weighted by Crippen LogP contribution is 2.45. The van der Waals surface area contributed by atoms with Crippen molar-refractivity contribution < 1.29 is 4.42 Å². The molecule has 0 saturated heterocycles. The van der Waals surface area contributed by atoms with Crippen molar-refractivity contribution in [3.8, 4) is 0 Å². The van der Waals surface area contributed by atoms with Crippen LogP contribution in [-0.4, -0.2) is 0 Å². The normalized spacial score (nSPS) is 18.7. The Kier molecular flexibility index (Phi) is 8.34. The maximum absolute atomic E-state index is 6.84. The number of aryl methyl sites for hydroxylation is 1. The first-order chi connectivity index (χ1) is 24.8. The fourth-order valence-electron chi connectivity index (χ4n) is 8.98.